The molecule has 3 rings (SSSR count). The summed E-state index contributed by atoms with van der Waals surface area (Å²) in [5, 5.41) is 16.3. The van der Waals surface area contributed by atoms with Gasteiger partial charge in [-0.1, -0.05) is 18.2 Å². The van der Waals surface area contributed by atoms with Crippen LogP contribution in [0.4, 0.5) is 11.4 Å². The molecule has 0 atom stereocenters. The van der Waals surface area contributed by atoms with Crippen LogP contribution in [-0.4, -0.2) is 35.4 Å². The van der Waals surface area contributed by atoms with Gasteiger partial charge in [0.05, 0.1) is 4.92 Å². The summed E-state index contributed by atoms with van der Waals surface area (Å²) in [4.78, 5) is 46.3. The van der Waals surface area contributed by atoms with Crippen molar-refractivity contribution >= 4 is 29.2 Å². The van der Waals surface area contributed by atoms with Crippen LogP contribution >= 0.6 is 0 Å². The standard InChI is InChI=1S/C19H17N3O6/c23-17(11-28-19(25)15-6-1-2-7-16(15)22(26)27)20-14-5-3-4-12(10-14)18(24)21-13-8-9-13/h1-7,10,13H,8-9,11H2,(H,20,23)(H,21,24). The minimum atomic E-state index is -0.972. The summed E-state index contributed by atoms with van der Waals surface area (Å²) in [5.41, 5.74) is 0.137. The minimum absolute atomic E-state index is 0.215. The van der Waals surface area contributed by atoms with Crippen molar-refractivity contribution in [3.8, 4) is 0 Å². The van der Waals surface area contributed by atoms with E-state index in [9.17, 15) is 24.5 Å². The predicted molar refractivity (Wildman–Crippen MR) is 98.9 cm³/mol. The lowest BCUT2D eigenvalue weighted by molar-refractivity contribution is -0.385. The maximum absolute atomic E-state index is 12.0. The van der Waals surface area contributed by atoms with E-state index in [2.05, 4.69) is 10.6 Å². The fourth-order valence-electron chi connectivity index (χ4n) is 2.45. The maximum atomic E-state index is 12.0. The Bertz CT molecular complexity index is 939. The van der Waals surface area contributed by atoms with Crippen molar-refractivity contribution in [1.82, 2.24) is 5.32 Å². The lowest BCUT2D eigenvalue weighted by Crippen LogP contribution is -2.25. The van der Waals surface area contributed by atoms with E-state index in [4.69, 9.17) is 4.74 Å². The van der Waals surface area contributed by atoms with E-state index in [-0.39, 0.29) is 17.5 Å². The third-order valence-corrected chi connectivity index (χ3v) is 3.98. The number of anilines is 1. The Morgan fingerprint density at radius 1 is 1.11 bits per heavy atom. The Hall–Kier alpha value is -3.75. The van der Waals surface area contributed by atoms with Gasteiger partial charge in [0.15, 0.2) is 6.61 Å². The number of amides is 2. The number of hydrogen-bond acceptors (Lipinski definition) is 6. The number of para-hydroxylation sites is 1. The SMILES string of the molecule is O=C(COC(=O)c1ccccc1[N+](=O)[O-])Nc1cccc(C(=O)NC2CC2)c1. The zero-order chi connectivity index (χ0) is 20.1. The van der Waals surface area contributed by atoms with E-state index in [1.165, 1.54) is 30.3 Å². The number of nitrogens with one attached hydrogen (secondary N) is 2. The highest BCUT2D eigenvalue weighted by atomic mass is 16.6. The molecule has 0 aliphatic heterocycles. The van der Waals surface area contributed by atoms with E-state index in [0.717, 1.165) is 12.8 Å². The highest BCUT2D eigenvalue weighted by molar-refractivity contribution is 5.99. The molecule has 0 unspecified atom stereocenters. The zero-order valence-corrected chi connectivity index (χ0v) is 14.7. The van der Waals surface area contributed by atoms with Crippen molar-refractivity contribution in [1.29, 1.82) is 0 Å². The fourth-order valence-corrected chi connectivity index (χ4v) is 2.45. The molecule has 2 amide bonds. The summed E-state index contributed by atoms with van der Waals surface area (Å²) in [6.45, 7) is -0.622. The summed E-state index contributed by atoms with van der Waals surface area (Å²) >= 11 is 0. The molecule has 0 aromatic heterocycles. The zero-order valence-electron chi connectivity index (χ0n) is 14.7. The summed E-state index contributed by atoms with van der Waals surface area (Å²) in [5.74, 6) is -1.83. The van der Waals surface area contributed by atoms with Crippen LogP contribution in [0, 0.1) is 10.1 Å². The quantitative estimate of drug-likeness (QED) is 0.429. The van der Waals surface area contributed by atoms with Crippen molar-refractivity contribution < 1.29 is 24.0 Å². The summed E-state index contributed by atoms with van der Waals surface area (Å²) in [6.07, 6.45) is 1.93. The first-order valence-corrected chi connectivity index (χ1v) is 8.55. The molecule has 0 spiro atoms. The number of carbonyl (C=O) groups excluding carboxylic acids is 3. The first-order valence-electron chi connectivity index (χ1n) is 8.55. The molecule has 1 saturated carbocycles. The monoisotopic (exact) mass is 383 g/mol. The van der Waals surface area contributed by atoms with Gasteiger partial charge in [0.1, 0.15) is 5.56 Å². The van der Waals surface area contributed by atoms with Crippen molar-refractivity contribution in [2.75, 3.05) is 11.9 Å². The largest absolute Gasteiger partial charge is 0.452 e. The van der Waals surface area contributed by atoms with E-state index in [1.807, 2.05) is 0 Å². The molecule has 0 radical (unpaired) electrons. The van der Waals surface area contributed by atoms with Crippen LogP contribution in [0.1, 0.15) is 33.6 Å². The Labute approximate surface area is 159 Å². The second-order valence-corrected chi connectivity index (χ2v) is 6.23. The highest BCUT2D eigenvalue weighted by Crippen LogP contribution is 2.20. The Kier molecular flexibility index (Phi) is 5.64. The summed E-state index contributed by atoms with van der Waals surface area (Å²) in [7, 11) is 0. The lowest BCUT2D eigenvalue weighted by atomic mass is 10.2. The van der Waals surface area contributed by atoms with E-state index < -0.39 is 29.1 Å². The van der Waals surface area contributed by atoms with Crippen LogP contribution in [0.25, 0.3) is 0 Å². The molecule has 1 aliphatic rings. The second-order valence-electron chi connectivity index (χ2n) is 6.23. The Morgan fingerprint density at radius 2 is 1.86 bits per heavy atom. The molecular weight excluding hydrogens is 366 g/mol. The van der Waals surface area contributed by atoms with Crippen molar-refractivity contribution in [3.63, 3.8) is 0 Å². The first kappa shape index (κ1) is 19.0. The van der Waals surface area contributed by atoms with Gasteiger partial charge in [-0.2, -0.15) is 0 Å². The Balaban J connectivity index is 1.56. The Morgan fingerprint density at radius 3 is 2.57 bits per heavy atom. The number of benzene rings is 2. The number of hydrogen-bond donors (Lipinski definition) is 2. The molecule has 9 nitrogen and oxygen atoms in total. The van der Waals surface area contributed by atoms with Crippen molar-refractivity contribution in [2.24, 2.45) is 0 Å². The third kappa shape index (κ3) is 4.91. The van der Waals surface area contributed by atoms with Crippen LogP contribution in [0.3, 0.4) is 0 Å². The molecule has 144 valence electrons. The molecule has 1 aliphatic carbocycles. The van der Waals surface area contributed by atoms with Crippen LogP contribution < -0.4 is 10.6 Å². The van der Waals surface area contributed by atoms with Crippen LogP contribution in [0.5, 0.6) is 0 Å². The van der Waals surface area contributed by atoms with Gasteiger partial charge in [-0.3, -0.25) is 19.7 Å². The summed E-state index contributed by atoms with van der Waals surface area (Å²) in [6, 6.07) is 11.9. The molecule has 28 heavy (non-hydrogen) atoms. The molecule has 2 N–H and O–H groups in total. The molecule has 9 heteroatoms. The number of nitro benzene ring substituents is 1. The minimum Gasteiger partial charge on any atom is -0.452 e. The molecule has 0 saturated heterocycles. The molecule has 0 bridgehead atoms. The maximum Gasteiger partial charge on any atom is 0.345 e. The topological polar surface area (TPSA) is 128 Å². The lowest BCUT2D eigenvalue weighted by Gasteiger charge is -2.09. The van der Waals surface area contributed by atoms with Gasteiger partial charge in [-0.25, -0.2) is 4.79 Å². The second kappa shape index (κ2) is 8.30. The van der Waals surface area contributed by atoms with E-state index in [0.29, 0.717) is 11.3 Å². The molecule has 2 aromatic carbocycles. The number of nitrogens with zero attached hydrogens (tertiary/aromatic N) is 1. The number of nitro groups is 1. The highest BCUT2D eigenvalue weighted by Gasteiger charge is 2.24. The summed E-state index contributed by atoms with van der Waals surface area (Å²) < 4.78 is 4.86. The average Bonchev–Trinajstić information content (AvgIpc) is 3.50. The molecule has 1 fully saturated rings. The van der Waals surface area contributed by atoms with Crippen molar-refractivity contribution in [2.45, 2.75) is 18.9 Å². The molecular formula is C19H17N3O6. The fraction of sp³-hybridized carbons (Fsp3) is 0.211. The van der Waals surface area contributed by atoms with Crippen LogP contribution in [-0.2, 0) is 9.53 Å². The number of carbonyl (C=O) groups is 3. The van der Waals surface area contributed by atoms with Crippen molar-refractivity contribution in [3.05, 3.63) is 69.8 Å². The predicted octanol–water partition coefficient (Wildman–Crippen LogP) is 2.28. The van der Waals surface area contributed by atoms with Gasteiger partial charge in [-0.15, -0.1) is 0 Å². The van der Waals surface area contributed by atoms with Gasteiger partial charge in [-0.05, 0) is 37.1 Å². The first-order chi connectivity index (χ1) is 13.4. The third-order valence-electron chi connectivity index (χ3n) is 3.98. The van der Waals surface area contributed by atoms with Gasteiger partial charge in [0.2, 0.25) is 0 Å². The van der Waals surface area contributed by atoms with E-state index >= 15 is 0 Å². The van der Waals surface area contributed by atoms with Gasteiger partial charge < -0.3 is 15.4 Å². The molecule has 0 heterocycles. The molecule has 2 aromatic rings. The number of ether oxygens (including phenoxy) is 1. The smallest absolute Gasteiger partial charge is 0.345 e. The van der Waals surface area contributed by atoms with Gasteiger partial charge >= 0.3 is 5.97 Å². The number of rotatable bonds is 7. The normalized spacial score (nSPS) is 12.7. The van der Waals surface area contributed by atoms with Gasteiger partial charge in [0.25, 0.3) is 17.5 Å². The van der Waals surface area contributed by atoms with Gasteiger partial charge in [0, 0.05) is 23.4 Å². The van der Waals surface area contributed by atoms with E-state index in [1.54, 1.807) is 18.2 Å². The van der Waals surface area contributed by atoms with Crippen LogP contribution in [0.15, 0.2) is 48.5 Å². The number of esters is 1. The average molecular weight is 383 g/mol. The van der Waals surface area contributed by atoms with Crippen LogP contribution in [0.2, 0.25) is 0 Å².